The van der Waals surface area contributed by atoms with E-state index in [-0.39, 0.29) is 7.43 Å². The van der Waals surface area contributed by atoms with Gasteiger partial charge in [-0.15, -0.1) is 13.3 Å². The summed E-state index contributed by atoms with van der Waals surface area (Å²) in [7, 11) is 8.11. The van der Waals surface area contributed by atoms with Crippen molar-refractivity contribution < 1.29 is 17.0 Å². The predicted octanol–water partition coefficient (Wildman–Crippen LogP) is 6.52. The van der Waals surface area contributed by atoms with Gasteiger partial charge < -0.3 is 22.6 Å². The Labute approximate surface area is 194 Å². The molecule has 1 saturated carbocycles. The van der Waals surface area contributed by atoms with Crippen molar-refractivity contribution in [2.24, 2.45) is 16.8 Å². The molecule has 4 unspecified atom stereocenters. The van der Waals surface area contributed by atoms with Crippen LogP contribution in [0.2, 0.25) is 18.6 Å². The Kier molecular flexibility index (Phi) is 10.1. The van der Waals surface area contributed by atoms with Gasteiger partial charge >= 0.3 is 35.6 Å². The molecule has 29 heavy (non-hydrogen) atoms. The minimum atomic E-state index is -1.67. The summed E-state index contributed by atoms with van der Waals surface area (Å²) < 4.78 is 2.57. The molecule has 2 aliphatic heterocycles. The Balaban J connectivity index is 0.000000708. The number of aliphatic imine (C=N–C) groups is 1. The number of rotatable bonds is 3. The normalized spacial score (nSPS) is 29.3. The van der Waals surface area contributed by atoms with Crippen LogP contribution in [0.25, 0.3) is 16.2 Å². The van der Waals surface area contributed by atoms with Crippen LogP contribution >= 0.6 is 18.6 Å². The number of dihydropyridines is 1. The van der Waals surface area contributed by atoms with Crippen LogP contribution in [0.5, 0.6) is 0 Å². The Hall–Kier alpha value is 0.0212. The van der Waals surface area contributed by atoms with Gasteiger partial charge in [-0.25, -0.2) is 0 Å². The molecule has 1 aromatic carbocycles. The van der Waals surface area contributed by atoms with Crippen LogP contribution in [-0.2, 0) is 17.0 Å². The van der Waals surface area contributed by atoms with Gasteiger partial charge in [-0.2, -0.15) is 0 Å². The molecule has 0 N–H and O–H groups in total. The number of nitrogens with zero attached hydrogens (tertiary/aromatic N) is 4. The number of halogens is 2. The van der Waals surface area contributed by atoms with Crippen molar-refractivity contribution in [2.45, 2.75) is 38.0 Å². The van der Waals surface area contributed by atoms with Crippen LogP contribution in [0.3, 0.4) is 0 Å². The van der Waals surface area contributed by atoms with Gasteiger partial charge in [0.2, 0.25) is 0 Å². The average Bonchev–Trinajstić information content (AvgIpc) is 3.06. The van der Waals surface area contributed by atoms with Gasteiger partial charge in [0.1, 0.15) is 8.24 Å². The summed E-state index contributed by atoms with van der Waals surface area (Å²) in [4.78, 5) is 5.01. The van der Waals surface area contributed by atoms with Crippen molar-refractivity contribution in [3.05, 3.63) is 60.0 Å². The Morgan fingerprint density at radius 2 is 1.76 bits per heavy atom. The maximum absolute atomic E-state index is 5.01. The summed E-state index contributed by atoms with van der Waals surface area (Å²) in [6.45, 7) is 9.83. The second-order valence-corrected chi connectivity index (χ2v) is 15.4. The first kappa shape index (κ1) is 25.3. The minimum absolute atomic E-state index is 0. The molecule has 0 aromatic heterocycles. The molecule has 0 spiro atoms. The van der Waals surface area contributed by atoms with Crippen LogP contribution in [0, 0.1) is 19.3 Å². The van der Waals surface area contributed by atoms with Crippen molar-refractivity contribution >= 4 is 38.6 Å². The van der Waals surface area contributed by atoms with Gasteiger partial charge in [0.25, 0.3) is 0 Å². The van der Waals surface area contributed by atoms with Gasteiger partial charge in [0.15, 0.2) is 0 Å². The molecule has 4 atom stereocenters. The summed E-state index contributed by atoms with van der Waals surface area (Å²) in [5, 5.41) is 9.06. The van der Waals surface area contributed by atoms with Crippen molar-refractivity contribution in [1.82, 2.24) is 4.57 Å². The van der Waals surface area contributed by atoms with E-state index in [4.69, 9.17) is 23.6 Å². The molecular formula is C21H31Cl2N4SiTi+. The molecule has 156 valence electrons. The van der Waals surface area contributed by atoms with E-state index >= 15 is 0 Å². The zero-order valence-corrected chi connectivity index (χ0v) is 21.8. The second-order valence-electron chi connectivity index (χ2n) is 8.26. The first-order valence-electron chi connectivity index (χ1n) is 9.77. The zero-order valence-electron chi connectivity index (χ0n) is 17.7. The van der Waals surface area contributed by atoms with E-state index in [1.54, 1.807) is 0 Å². The number of allylic oxidation sites excluding steroid dienone is 1. The summed E-state index contributed by atoms with van der Waals surface area (Å²) in [5.41, 5.74) is 3.50. The number of hydrogen-bond donors (Lipinski definition) is 0. The first-order chi connectivity index (χ1) is 13.5. The molecule has 0 bridgehead atoms. The first-order valence-corrected chi connectivity index (χ1v) is 17.1. The van der Waals surface area contributed by atoms with Crippen molar-refractivity contribution in [1.29, 1.82) is 0 Å². The van der Waals surface area contributed by atoms with Crippen LogP contribution in [0.1, 0.15) is 18.9 Å². The summed E-state index contributed by atoms with van der Waals surface area (Å²) in [6, 6.07) is 11.3. The summed E-state index contributed by atoms with van der Waals surface area (Å²) in [6.07, 6.45) is 5.54. The van der Waals surface area contributed by atoms with Crippen molar-refractivity contribution in [3.63, 3.8) is 0 Å². The molecular weight excluding hydrogens is 455 g/mol. The van der Waals surface area contributed by atoms with E-state index < -0.39 is 25.3 Å². The number of benzene rings is 1. The molecule has 8 heteroatoms. The standard InChI is InChI=1S/C20H28N4Si.CH3.2ClH.Ti/c1-15-11-18-17(16-7-5-4-6-8-16)9-10-23-19(18)20(15)25(2,3)24-13-21-12-22-14-24;;;;/h4-10,15,18-20H,11-14H2,1-3H3;1H3;2*1H;/q-2;-1;;;+6/p-2. The molecule has 2 heterocycles. The molecule has 1 saturated heterocycles. The van der Waals surface area contributed by atoms with Gasteiger partial charge in [0, 0.05) is 12.1 Å². The van der Waals surface area contributed by atoms with Gasteiger partial charge in [-0.05, 0) is 35.1 Å². The quantitative estimate of drug-likeness (QED) is 0.355. The van der Waals surface area contributed by atoms with Crippen molar-refractivity contribution in [3.8, 4) is 0 Å². The molecule has 3 aliphatic rings. The number of fused-ring (bicyclic) bond motifs is 1. The van der Waals surface area contributed by atoms with Crippen LogP contribution < -0.4 is 0 Å². The average molecular weight is 486 g/mol. The van der Waals surface area contributed by atoms with Crippen LogP contribution in [0.15, 0.2) is 41.4 Å². The fourth-order valence-electron chi connectivity index (χ4n) is 5.20. The third kappa shape index (κ3) is 5.64. The summed E-state index contributed by atoms with van der Waals surface area (Å²) in [5.74, 6) is 1.25. The van der Waals surface area contributed by atoms with E-state index in [9.17, 15) is 0 Å². The monoisotopic (exact) mass is 485 g/mol. The van der Waals surface area contributed by atoms with Gasteiger partial charge in [-0.1, -0.05) is 50.3 Å². The van der Waals surface area contributed by atoms with Gasteiger partial charge in [-0.3, -0.25) is 11.7 Å². The van der Waals surface area contributed by atoms with Crippen LogP contribution in [-0.4, -0.2) is 45.1 Å². The zero-order chi connectivity index (χ0) is 20.1. The molecule has 0 radical (unpaired) electrons. The number of hydrogen-bond acceptors (Lipinski definition) is 2. The van der Waals surface area contributed by atoms with Gasteiger partial charge in [0.05, 0.1) is 6.04 Å². The molecule has 2 fully saturated rings. The van der Waals surface area contributed by atoms with E-state index in [2.05, 4.69) is 77.8 Å². The Bertz CT molecular complexity index is 695. The third-order valence-electron chi connectivity index (χ3n) is 6.41. The van der Waals surface area contributed by atoms with Crippen molar-refractivity contribution in [2.75, 3.05) is 20.0 Å². The molecule has 1 aliphatic carbocycles. The summed E-state index contributed by atoms with van der Waals surface area (Å²) >= 11 is -0.556. The molecule has 1 aromatic rings. The molecule has 4 nitrogen and oxygen atoms in total. The third-order valence-corrected chi connectivity index (χ3v) is 10.9. The van der Waals surface area contributed by atoms with E-state index in [0.29, 0.717) is 30.1 Å². The molecule has 4 rings (SSSR count). The Morgan fingerprint density at radius 3 is 2.38 bits per heavy atom. The predicted molar refractivity (Wildman–Crippen MR) is 126 cm³/mol. The maximum atomic E-state index is 5.01. The molecule has 0 amide bonds. The van der Waals surface area contributed by atoms with E-state index in [1.807, 2.05) is 0 Å². The second kappa shape index (κ2) is 11.6. The fourth-order valence-corrected chi connectivity index (χ4v) is 9.24. The Morgan fingerprint density at radius 1 is 1.14 bits per heavy atom. The van der Waals surface area contributed by atoms with Crippen LogP contribution in [0.4, 0.5) is 0 Å². The fraction of sp³-hybridized carbons (Fsp3) is 0.524. The SMILES string of the molecule is CC1CC2C(c3ccccc3)=CC=NC2C1[Si](C)(C)N1C[N-]C[N-]C1.[CH3-].[Cl][Ti+4][Cl]. The topological polar surface area (TPSA) is 43.8 Å². The van der Waals surface area contributed by atoms with E-state index in [0.717, 1.165) is 13.3 Å². The van der Waals surface area contributed by atoms with E-state index in [1.165, 1.54) is 17.6 Å².